The van der Waals surface area contributed by atoms with Crippen LogP contribution >= 0.6 is 0 Å². The molecule has 2 amide bonds. The van der Waals surface area contributed by atoms with Gasteiger partial charge in [0.2, 0.25) is 11.8 Å². The van der Waals surface area contributed by atoms with Crippen LogP contribution in [0, 0.1) is 6.92 Å². The van der Waals surface area contributed by atoms with Crippen molar-refractivity contribution in [3.05, 3.63) is 36.0 Å². The van der Waals surface area contributed by atoms with Crippen LogP contribution in [0.5, 0.6) is 0 Å². The van der Waals surface area contributed by atoms with Gasteiger partial charge in [0.05, 0.1) is 25.4 Å². The third-order valence-electron chi connectivity index (χ3n) is 3.93. The van der Waals surface area contributed by atoms with Crippen LogP contribution in [0.2, 0.25) is 0 Å². The number of amides is 2. The summed E-state index contributed by atoms with van der Waals surface area (Å²) in [7, 11) is 0. The summed E-state index contributed by atoms with van der Waals surface area (Å²) >= 11 is 0. The van der Waals surface area contributed by atoms with Gasteiger partial charge in [0.1, 0.15) is 11.5 Å². The Kier molecular flexibility index (Phi) is 4.95. The third kappa shape index (κ3) is 4.02. The average Bonchev–Trinajstić information content (AvgIpc) is 3.27. The number of nitrogens with zero attached hydrogens (tertiary/aromatic N) is 2. The van der Waals surface area contributed by atoms with Crippen LogP contribution in [-0.2, 0) is 16.1 Å². The molecule has 2 N–H and O–H groups in total. The monoisotopic (exact) mass is 332 g/mol. The number of anilines is 1. The topological polar surface area (TPSA) is 101 Å². The molecule has 1 saturated heterocycles. The number of aryl methyl sites for hydroxylation is 1. The van der Waals surface area contributed by atoms with Crippen LogP contribution in [0.4, 0.5) is 5.82 Å². The van der Waals surface area contributed by atoms with E-state index in [9.17, 15) is 9.59 Å². The number of aromatic nitrogens is 1. The van der Waals surface area contributed by atoms with Crippen molar-refractivity contribution < 1.29 is 18.5 Å². The minimum atomic E-state index is -0.301. The lowest BCUT2D eigenvalue weighted by molar-refractivity contribution is -0.126. The first-order valence-corrected chi connectivity index (χ1v) is 7.89. The molecule has 0 radical (unpaired) electrons. The number of carbonyl (C=O) groups excluding carboxylic acids is 2. The zero-order chi connectivity index (χ0) is 16.9. The first kappa shape index (κ1) is 16.3. The van der Waals surface area contributed by atoms with Crippen LogP contribution in [0.3, 0.4) is 0 Å². The van der Waals surface area contributed by atoms with E-state index in [0.717, 1.165) is 12.8 Å². The molecule has 0 aromatic carbocycles. The summed E-state index contributed by atoms with van der Waals surface area (Å²) in [6, 6.07) is 4.93. The highest BCUT2D eigenvalue weighted by Gasteiger charge is 2.31. The lowest BCUT2D eigenvalue weighted by Crippen LogP contribution is -2.45. The Bertz CT molecular complexity index is 695. The standard InChI is InChI=1S/C16H20N4O4/c1-11-8-14(19-24-11)18-15(21)10-20-6-2-5-13(20)16(22)17-9-12-4-3-7-23-12/h3-4,7-8,13H,2,5-6,9-10H2,1H3,(H,17,22)(H,18,19,21)/t13-/m1/s1. The molecule has 128 valence electrons. The van der Waals surface area contributed by atoms with Crippen LogP contribution in [0.15, 0.2) is 33.4 Å². The van der Waals surface area contributed by atoms with Gasteiger partial charge in [-0.2, -0.15) is 0 Å². The van der Waals surface area contributed by atoms with E-state index >= 15 is 0 Å². The van der Waals surface area contributed by atoms with Gasteiger partial charge in [-0.1, -0.05) is 5.16 Å². The van der Waals surface area contributed by atoms with Gasteiger partial charge in [0.25, 0.3) is 0 Å². The van der Waals surface area contributed by atoms with Crippen molar-refractivity contribution in [3.8, 4) is 0 Å². The van der Waals surface area contributed by atoms with Crippen molar-refractivity contribution in [1.29, 1.82) is 0 Å². The van der Waals surface area contributed by atoms with Crippen molar-refractivity contribution in [3.63, 3.8) is 0 Å². The molecule has 24 heavy (non-hydrogen) atoms. The van der Waals surface area contributed by atoms with Gasteiger partial charge in [-0.15, -0.1) is 0 Å². The van der Waals surface area contributed by atoms with Crippen molar-refractivity contribution in [2.24, 2.45) is 0 Å². The summed E-state index contributed by atoms with van der Waals surface area (Å²) in [4.78, 5) is 26.3. The molecule has 3 heterocycles. The smallest absolute Gasteiger partial charge is 0.239 e. The van der Waals surface area contributed by atoms with E-state index in [1.165, 1.54) is 0 Å². The zero-order valence-corrected chi connectivity index (χ0v) is 13.4. The minimum absolute atomic E-state index is 0.0889. The maximum absolute atomic E-state index is 12.3. The van der Waals surface area contributed by atoms with E-state index in [1.54, 1.807) is 31.4 Å². The molecule has 8 nitrogen and oxygen atoms in total. The molecular weight excluding hydrogens is 312 g/mol. The molecule has 0 bridgehead atoms. The average molecular weight is 332 g/mol. The first-order chi connectivity index (χ1) is 11.6. The largest absolute Gasteiger partial charge is 0.467 e. The fourth-order valence-corrected chi connectivity index (χ4v) is 2.81. The van der Waals surface area contributed by atoms with E-state index < -0.39 is 0 Å². The fraction of sp³-hybridized carbons (Fsp3) is 0.438. The highest BCUT2D eigenvalue weighted by atomic mass is 16.5. The summed E-state index contributed by atoms with van der Waals surface area (Å²) in [5.74, 6) is 1.41. The summed E-state index contributed by atoms with van der Waals surface area (Å²) in [5, 5.41) is 9.25. The van der Waals surface area contributed by atoms with Crippen molar-refractivity contribution in [2.75, 3.05) is 18.4 Å². The highest BCUT2D eigenvalue weighted by Crippen LogP contribution is 2.17. The summed E-state index contributed by atoms with van der Waals surface area (Å²) in [5.41, 5.74) is 0. The number of carbonyl (C=O) groups is 2. The van der Waals surface area contributed by atoms with Crippen LogP contribution in [0.1, 0.15) is 24.4 Å². The Balaban J connectivity index is 1.50. The maximum atomic E-state index is 12.3. The van der Waals surface area contributed by atoms with Gasteiger partial charge >= 0.3 is 0 Å². The molecule has 1 atom stereocenters. The molecule has 1 aliphatic rings. The van der Waals surface area contributed by atoms with E-state index in [1.807, 2.05) is 4.90 Å². The number of furan rings is 1. The second-order valence-electron chi connectivity index (χ2n) is 5.80. The van der Waals surface area contributed by atoms with E-state index in [-0.39, 0.29) is 24.4 Å². The number of hydrogen-bond acceptors (Lipinski definition) is 6. The number of nitrogens with one attached hydrogen (secondary N) is 2. The Morgan fingerprint density at radius 2 is 2.33 bits per heavy atom. The molecule has 2 aromatic heterocycles. The first-order valence-electron chi connectivity index (χ1n) is 7.89. The Morgan fingerprint density at radius 1 is 1.46 bits per heavy atom. The van der Waals surface area contributed by atoms with E-state index in [2.05, 4.69) is 15.8 Å². The van der Waals surface area contributed by atoms with Gasteiger partial charge in [0, 0.05) is 6.07 Å². The van der Waals surface area contributed by atoms with Gasteiger partial charge in [0.15, 0.2) is 5.82 Å². The quantitative estimate of drug-likeness (QED) is 0.827. The zero-order valence-electron chi connectivity index (χ0n) is 13.4. The Morgan fingerprint density at radius 3 is 3.04 bits per heavy atom. The predicted molar refractivity (Wildman–Crippen MR) is 85.0 cm³/mol. The van der Waals surface area contributed by atoms with Crippen LogP contribution in [0.25, 0.3) is 0 Å². The highest BCUT2D eigenvalue weighted by molar-refractivity contribution is 5.92. The molecule has 3 rings (SSSR count). The fourth-order valence-electron chi connectivity index (χ4n) is 2.81. The molecule has 1 aliphatic heterocycles. The van der Waals surface area contributed by atoms with Gasteiger partial charge < -0.3 is 19.6 Å². The normalized spacial score (nSPS) is 17.8. The summed E-state index contributed by atoms with van der Waals surface area (Å²) in [6.07, 6.45) is 3.19. The lowest BCUT2D eigenvalue weighted by atomic mass is 10.2. The second kappa shape index (κ2) is 7.31. The molecule has 0 unspecified atom stereocenters. The molecule has 0 saturated carbocycles. The SMILES string of the molecule is Cc1cc(NC(=O)CN2CCC[C@@H]2C(=O)NCc2ccco2)no1. The molecule has 8 heteroatoms. The van der Waals surface area contributed by atoms with Gasteiger partial charge in [-0.25, -0.2) is 0 Å². The lowest BCUT2D eigenvalue weighted by Gasteiger charge is -2.22. The van der Waals surface area contributed by atoms with E-state index in [4.69, 9.17) is 8.94 Å². The number of hydrogen-bond donors (Lipinski definition) is 2. The minimum Gasteiger partial charge on any atom is -0.467 e. The maximum Gasteiger partial charge on any atom is 0.239 e. The van der Waals surface area contributed by atoms with Crippen LogP contribution < -0.4 is 10.6 Å². The molecular formula is C16H20N4O4. The van der Waals surface area contributed by atoms with Crippen molar-refractivity contribution >= 4 is 17.6 Å². The summed E-state index contributed by atoms with van der Waals surface area (Å²) in [6.45, 7) is 2.96. The van der Waals surface area contributed by atoms with Crippen molar-refractivity contribution in [1.82, 2.24) is 15.4 Å². The van der Waals surface area contributed by atoms with Gasteiger partial charge in [-0.3, -0.25) is 14.5 Å². The molecule has 2 aromatic rings. The predicted octanol–water partition coefficient (Wildman–Crippen LogP) is 1.30. The number of likely N-dealkylation sites (tertiary alicyclic amines) is 1. The van der Waals surface area contributed by atoms with Gasteiger partial charge in [-0.05, 0) is 38.4 Å². The molecule has 0 aliphatic carbocycles. The third-order valence-corrected chi connectivity index (χ3v) is 3.93. The Hall–Kier alpha value is -2.61. The molecule has 0 spiro atoms. The van der Waals surface area contributed by atoms with E-state index in [0.29, 0.717) is 30.4 Å². The Labute approximate surface area is 139 Å². The van der Waals surface area contributed by atoms with Crippen LogP contribution in [-0.4, -0.2) is 41.0 Å². The second-order valence-corrected chi connectivity index (χ2v) is 5.80. The molecule has 1 fully saturated rings. The summed E-state index contributed by atoms with van der Waals surface area (Å²) < 4.78 is 10.1. The number of rotatable bonds is 6. The van der Waals surface area contributed by atoms with Crippen molar-refractivity contribution in [2.45, 2.75) is 32.4 Å².